The lowest BCUT2D eigenvalue weighted by Gasteiger charge is -2.39. The van der Waals surface area contributed by atoms with E-state index in [4.69, 9.17) is 4.98 Å². The third-order valence-electron chi connectivity index (χ3n) is 5.61. The van der Waals surface area contributed by atoms with E-state index in [2.05, 4.69) is 23.7 Å². The summed E-state index contributed by atoms with van der Waals surface area (Å²) in [6.07, 6.45) is 3.41. The molecule has 0 radical (unpaired) electrons. The molecule has 0 bridgehead atoms. The highest BCUT2D eigenvalue weighted by atomic mass is 19.1. The smallest absolute Gasteiger partial charge is 0.165 e. The maximum absolute atomic E-state index is 14.0. The fourth-order valence-electron chi connectivity index (χ4n) is 3.90. The van der Waals surface area contributed by atoms with Crippen LogP contribution in [0.3, 0.4) is 0 Å². The SMILES string of the molecule is CCC1CCC(C)N(c2nc(-c3ccccc3O)nc3ccc(F)cc23)C1. The number of hydrogen-bond acceptors (Lipinski definition) is 4. The molecule has 1 aromatic heterocycles. The Bertz CT molecular complexity index is 975. The van der Waals surface area contributed by atoms with Gasteiger partial charge in [-0.2, -0.15) is 0 Å². The minimum Gasteiger partial charge on any atom is -0.507 e. The number of nitrogens with zero attached hydrogens (tertiary/aromatic N) is 3. The lowest BCUT2D eigenvalue weighted by molar-refractivity contribution is 0.358. The molecule has 2 heterocycles. The van der Waals surface area contributed by atoms with Gasteiger partial charge in [0.15, 0.2) is 5.82 Å². The number of anilines is 1. The molecule has 0 spiro atoms. The number of para-hydroxylation sites is 1. The molecule has 3 aromatic rings. The van der Waals surface area contributed by atoms with Gasteiger partial charge in [-0.25, -0.2) is 14.4 Å². The molecule has 0 amide bonds. The molecule has 2 atom stereocenters. The van der Waals surface area contributed by atoms with Gasteiger partial charge in [0.05, 0.1) is 11.1 Å². The largest absolute Gasteiger partial charge is 0.507 e. The number of aromatic nitrogens is 2. The zero-order valence-corrected chi connectivity index (χ0v) is 15.7. The second-order valence-electron chi connectivity index (χ2n) is 7.40. The van der Waals surface area contributed by atoms with Crippen LogP contribution < -0.4 is 4.90 Å². The van der Waals surface area contributed by atoms with Crippen LogP contribution >= 0.6 is 0 Å². The van der Waals surface area contributed by atoms with Gasteiger partial charge in [-0.1, -0.05) is 25.5 Å². The summed E-state index contributed by atoms with van der Waals surface area (Å²) >= 11 is 0. The van der Waals surface area contributed by atoms with Crippen LogP contribution in [0.2, 0.25) is 0 Å². The van der Waals surface area contributed by atoms with E-state index >= 15 is 0 Å². The Morgan fingerprint density at radius 1 is 1.15 bits per heavy atom. The molecule has 4 rings (SSSR count). The standard InChI is InChI=1S/C22H24FN3O/c1-3-15-9-8-14(2)26(13-15)22-18-12-16(23)10-11-19(18)24-21(25-22)17-6-4-5-7-20(17)27/h4-7,10-12,14-15,27H,3,8-9,13H2,1-2H3. The quantitative estimate of drug-likeness (QED) is 0.697. The topological polar surface area (TPSA) is 49.2 Å². The van der Waals surface area contributed by atoms with E-state index in [1.54, 1.807) is 24.3 Å². The maximum Gasteiger partial charge on any atom is 0.165 e. The molecule has 4 nitrogen and oxygen atoms in total. The van der Waals surface area contributed by atoms with Gasteiger partial charge in [0.1, 0.15) is 17.4 Å². The molecule has 1 aliphatic rings. The lowest BCUT2D eigenvalue weighted by atomic mass is 9.91. The molecule has 0 saturated carbocycles. The zero-order chi connectivity index (χ0) is 19.0. The molecule has 5 heteroatoms. The first-order valence-corrected chi connectivity index (χ1v) is 9.59. The van der Waals surface area contributed by atoms with Gasteiger partial charge in [0.2, 0.25) is 0 Å². The highest BCUT2D eigenvalue weighted by Gasteiger charge is 2.27. The zero-order valence-electron chi connectivity index (χ0n) is 15.7. The van der Waals surface area contributed by atoms with Crippen molar-refractivity contribution < 1.29 is 9.50 Å². The van der Waals surface area contributed by atoms with Crippen LogP contribution in [0.4, 0.5) is 10.2 Å². The Morgan fingerprint density at radius 3 is 2.74 bits per heavy atom. The highest BCUT2D eigenvalue weighted by Crippen LogP contribution is 2.35. The van der Waals surface area contributed by atoms with E-state index in [0.29, 0.717) is 28.9 Å². The first-order chi connectivity index (χ1) is 13.1. The Hall–Kier alpha value is -2.69. The summed E-state index contributed by atoms with van der Waals surface area (Å²) in [4.78, 5) is 11.7. The van der Waals surface area contributed by atoms with Crippen molar-refractivity contribution >= 4 is 16.7 Å². The van der Waals surface area contributed by atoms with Gasteiger partial charge in [-0.3, -0.25) is 0 Å². The number of piperidine rings is 1. The Labute approximate surface area is 158 Å². The molecule has 1 saturated heterocycles. The van der Waals surface area contributed by atoms with E-state index < -0.39 is 0 Å². The number of phenolic OH excluding ortho intramolecular Hbond substituents is 1. The molecule has 27 heavy (non-hydrogen) atoms. The van der Waals surface area contributed by atoms with E-state index in [1.165, 1.54) is 18.6 Å². The van der Waals surface area contributed by atoms with Gasteiger partial charge in [0.25, 0.3) is 0 Å². The molecule has 140 valence electrons. The van der Waals surface area contributed by atoms with Crippen LogP contribution in [0.1, 0.15) is 33.1 Å². The van der Waals surface area contributed by atoms with Crippen molar-refractivity contribution in [3.05, 3.63) is 48.3 Å². The molecular formula is C22H24FN3O. The number of rotatable bonds is 3. The molecule has 0 aliphatic carbocycles. The van der Waals surface area contributed by atoms with Crippen molar-refractivity contribution in [3.8, 4) is 17.1 Å². The number of benzene rings is 2. The van der Waals surface area contributed by atoms with Crippen LogP contribution in [0.5, 0.6) is 5.75 Å². The lowest BCUT2D eigenvalue weighted by Crippen LogP contribution is -2.42. The fraction of sp³-hybridized carbons (Fsp3) is 0.364. The third-order valence-corrected chi connectivity index (χ3v) is 5.61. The van der Waals surface area contributed by atoms with Crippen molar-refractivity contribution in [2.24, 2.45) is 5.92 Å². The predicted molar refractivity (Wildman–Crippen MR) is 106 cm³/mol. The molecule has 1 aliphatic heterocycles. The van der Waals surface area contributed by atoms with Gasteiger partial charge in [-0.15, -0.1) is 0 Å². The van der Waals surface area contributed by atoms with Crippen molar-refractivity contribution in [1.29, 1.82) is 0 Å². The number of aromatic hydroxyl groups is 1. The average molecular weight is 365 g/mol. The second-order valence-corrected chi connectivity index (χ2v) is 7.40. The van der Waals surface area contributed by atoms with E-state index in [0.717, 1.165) is 30.6 Å². The summed E-state index contributed by atoms with van der Waals surface area (Å²) in [5, 5.41) is 11.0. The first kappa shape index (κ1) is 17.7. The van der Waals surface area contributed by atoms with Crippen LogP contribution in [0.25, 0.3) is 22.3 Å². The molecule has 2 unspecified atom stereocenters. The van der Waals surface area contributed by atoms with Crippen molar-refractivity contribution in [2.75, 3.05) is 11.4 Å². The fourth-order valence-corrected chi connectivity index (χ4v) is 3.90. The van der Waals surface area contributed by atoms with Crippen LogP contribution in [-0.2, 0) is 0 Å². The van der Waals surface area contributed by atoms with E-state index in [-0.39, 0.29) is 11.6 Å². The molecule has 2 aromatic carbocycles. The summed E-state index contributed by atoms with van der Waals surface area (Å²) in [7, 11) is 0. The molecular weight excluding hydrogens is 341 g/mol. The van der Waals surface area contributed by atoms with Gasteiger partial charge in [0, 0.05) is 18.0 Å². The number of halogens is 1. The van der Waals surface area contributed by atoms with Crippen LogP contribution in [-0.4, -0.2) is 27.7 Å². The van der Waals surface area contributed by atoms with Crippen molar-refractivity contribution in [1.82, 2.24) is 9.97 Å². The summed E-state index contributed by atoms with van der Waals surface area (Å²) in [5.74, 6) is 1.67. The summed E-state index contributed by atoms with van der Waals surface area (Å²) in [6, 6.07) is 12.0. The minimum atomic E-state index is -0.292. The second kappa shape index (κ2) is 7.14. The van der Waals surface area contributed by atoms with E-state index in [9.17, 15) is 9.50 Å². The number of hydrogen-bond donors (Lipinski definition) is 1. The predicted octanol–water partition coefficient (Wildman–Crippen LogP) is 5.16. The van der Waals surface area contributed by atoms with Gasteiger partial charge < -0.3 is 10.0 Å². The summed E-state index contributed by atoms with van der Waals surface area (Å²) < 4.78 is 14.0. The van der Waals surface area contributed by atoms with Crippen molar-refractivity contribution in [3.63, 3.8) is 0 Å². The number of phenols is 1. The highest BCUT2D eigenvalue weighted by molar-refractivity contribution is 5.91. The van der Waals surface area contributed by atoms with Crippen LogP contribution in [0, 0.1) is 11.7 Å². The Balaban J connectivity index is 1.92. The summed E-state index contributed by atoms with van der Waals surface area (Å²) in [6.45, 7) is 5.31. The van der Waals surface area contributed by atoms with Crippen LogP contribution in [0.15, 0.2) is 42.5 Å². The first-order valence-electron chi connectivity index (χ1n) is 9.59. The van der Waals surface area contributed by atoms with Gasteiger partial charge >= 0.3 is 0 Å². The molecule has 1 fully saturated rings. The van der Waals surface area contributed by atoms with Crippen molar-refractivity contribution in [2.45, 2.75) is 39.2 Å². The molecule has 1 N–H and O–H groups in total. The van der Waals surface area contributed by atoms with E-state index in [1.807, 2.05) is 6.07 Å². The average Bonchev–Trinajstić information content (AvgIpc) is 2.68. The van der Waals surface area contributed by atoms with Gasteiger partial charge in [-0.05, 0) is 56.0 Å². The summed E-state index contributed by atoms with van der Waals surface area (Å²) in [5.41, 5.74) is 1.27. The maximum atomic E-state index is 14.0. The normalized spacial score (nSPS) is 20.2. The monoisotopic (exact) mass is 365 g/mol. The Morgan fingerprint density at radius 2 is 1.96 bits per heavy atom. The minimum absolute atomic E-state index is 0.142. The third kappa shape index (κ3) is 3.34. The number of fused-ring (bicyclic) bond motifs is 1. The Kier molecular flexibility index (Phi) is 4.68.